The lowest BCUT2D eigenvalue weighted by Gasteiger charge is -2.25. The second-order valence-electron chi connectivity index (χ2n) is 7.57. The number of piperidine rings is 2. The molecular formula is C22H42N2O4. The van der Waals surface area contributed by atoms with Gasteiger partial charge in [-0.3, -0.25) is 9.59 Å². The number of carbonyl (C=O) groups excluding carboxylic acids is 2. The lowest BCUT2D eigenvalue weighted by Crippen LogP contribution is -2.34. The number of ketones is 2. The molecule has 0 atom stereocenters. The molecule has 0 unspecified atom stereocenters. The molecule has 2 rings (SSSR count). The molecule has 0 amide bonds. The van der Waals surface area contributed by atoms with Crippen LogP contribution in [-0.4, -0.2) is 87.1 Å². The van der Waals surface area contributed by atoms with Crippen molar-refractivity contribution in [3.05, 3.63) is 0 Å². The number of ether oxygens (including phenoxy) is 2. The van der Waals surface area contributed by atoms with Gasteiger partial charge in [0.05, 0.1) is 0 Å². The van der Waals surface area contributed by atoms with Crippen LogP contribution in [0, 0.1) is 0 Å². The molecule has 2 aliphatic heterocycles. The third-order valence-corrected chi connectivity index (χ3v) is 5.26. The first-order chi connectivity index (χ1) is 13.7. The minimum Gasteiger partial charge on any atom is -0.382 e. The number of carbonyl (C=O) groups is 2. The van der Waals surface area contributed by atoms with Crippen molar-refractivity contribution in [2.75, 3.05) is 65.7 Å². The molecule has 0 aliphatic carbocycles. The van der Waals surface area contributed by atoms with Crippen molar-refractivity contribution in [3.63, 3.8) is 0 Å². The summed E-state index contributed by atoms with van der Waals surface area (Å²) in [6, 6.07) is 0. The maximum Gasteiger partial charge on any atom is 0.135 e. The molecule has 0 saturated carbocycles. The second kappa shape index (κ2) is 17.1. The highest BCUT2D eigenvalue weighted by Gasteiger charge is 2.15. The summed E-state index contributed by atoms with van der Waals surface area (Å²) in [5.41, 5.74) is 0. The summed E-state index contributed by atoms with van der Waals surface area (Å²) in [6.45, 7) is 13.6. The molecule has 6 heteroatoms. The minimum absolute atomic E-state index is 0.426. The van der Waals surface area contributed by atoms with E-state index in [9.17, 15) is 9.59 Å². The topological polar surface area (TPSA) is 59.1 Å². The lowest BCUT2D eigenvalue weighted by molar-refractivity contribution is -0.122. The van der Waals surface area contributed by atoms with Crippen molar-refractivity contribution in [3.8, 4) is 0 Å². The average Bonchev–Trinajstić information content (AvgIpc) is 2.71. The Bertz CT molecular complexity index is 359. The van der Waals surface area contributed by atoms with Crippen LogP contribution in [0.5, 0.6) is 0 Å². The van der Waals surface area contributed by atoms with Crippen LogP contribution in [-0.2, 0) is 19.1 Å². The van der Waals surface area contributed by atoms with E-state index >= 15 is 0 Å². The number of hydrogen-bond acceptors (Lipinski definition) is 6. The monoisotopic (exact) mass is 398 g/mol. The Hall–Kier alpha value is -0.820. The minimum atomic E-state index is 0.426. The van der Waals surface area contributed by atoms with Gasteiger partial charge in [0.2, 0.25) is 0 Å². The van der Waals surface area contributed by atoms with E-state index in [2.05, 4.69) is 9.80 Å². The van der Waals surface area contributed by atoms with Crippen LogP contribution in [0.3, 0.4) is 0 Å². The second-order valence-corrected chi connectivity index (χ2v) is 7.57. The smallest absolute Gasteiger partial charge is 0.135 e. The number of nitrogens with zero attached hydrogens (tertiary/aromatic N) is 2. The predicted molar refractivity (Wildman–Crippen MR) is 113 cm³/mol. The van der Waals surface area contributed by atoms with Crippen molar-refractivity contribution < 1.29 is 19.1 Å². The van der Waals surface area contributed by atoms with Gasteiger partial charge in [-0.05, 0) is 52.6 Å². The van der Waals surface area contributed by atoms with Gasteiger partial charge in [-0.25, -0.2) is 0 Å². The van der Waals surface area contributed by atoms with Gasteiger partial charge in [0.25, 0.3) is 0 Å². The molecule has 0 N–H and O–H groups in total. The first kappa shape index (κ1) is 25.2. The number of Topliss-reactive ketones (excluding diaryl/α,β-unsaturated/α-hetero) is 2. The molecule has 164 valence electrons. The first-order valence-electron chi connectivity index (χ1n) is 11.3. The van der Waals surface area contributed by atoms with E-state index in [0.717, 1.165) is 104 Å². The van der Waals surface area contributed by atoms with Crippen molar-refractivity contribution >= 4 is 11.6 Å². The number of unbranched alkanes of at least 4 members (excludes halogenated alkanes) is 2. The van der Waals surface area contributed by atoms with Gasteiger partial charge >= 0.3 is 0 Å². The summed E-state index contributed by atoms with van der Waals surface area (Å²) in [5, 5.41) is 0. The molecule has 6 nitrogen and oxygen atoms in total. The van der Waals surface area contributed by atoms with E-state index in [1.165, 1.54) is 12.8 Å². The van der Waals surface area contributed by atoms with E-state index < -0.39 is 0 Å². The molecule has 2 fully saturated rings. The van der Waals surface area contributed by atoms with Crippen LogP contribution in [0.2, 0.25) is 0 Å². The van der Waals surface area contributed by atoms with Gasteiger partial charge in [-0.2, -0.15) is 0 Å². The fourth-order valence-electron chi connectivity index (χ4n) is 3.42. The Balaban J connectivity index is 0.000000280. The summed E-state index contributed by atoms with van der Waals surface area (Å²) in [6.07, 6.45) is 7.67. The van der Waals surface area contributed by atoms with Crippen molar-refractivity contribution in [2.24, 2.45) is 0 Å². The Morgan fingerprint density at radius 1 is 0.643 bits per heavy atom. The largest absolute Gasteiger partial charge is 0.382 e. The van der Waals surface area contributed by atoms with E-state index in [1.807, 2.05) is 13.8 Å². The maximum absolute atomic E-state index is 11.0. The molecule has 2 aliphatic rings. The Labute approximate surface area is 171 Å². The molecule has 0 radical (unpaired) electrons. The zero-order valence-corrected chi connectivity index (χ0v) is 18.3. The number of hydrogen-bond donors (Lipinski definition) is 0. The quantitative estimate of drug-likeness (QED) is 0.471. The standard InChI is InChI=1S/2C11H21NO2/c2*1-2-14-10-4-3-7-12-8-5-11(13)6-9-12/h2*2-10H2,1H3. The van der Waals surface area contributed by atoms with Gasteiger partial charge in [-0.15, -0.1) is 0 Å². The van der Waals surface area contributed by atoms with Crippen LogP contribution in [0.4, 0.5) is 0 Å². The highest BCUT2D eigenvalue weighted by molar-refractivity contribution is 5.79. The van der Waals surface area contributed by atoms with Crippen LogP contribution in [0.1, 0.15) is 65.2 Å². The zero-order valence-electron chi connectivity index (χ0n) is 18.3. The van der Waals surface area contributed by atoms with E-state index in [4.69, 9.17) is 9.47 Å². The molecule has 0 spiro atoms. The number of likely N-dealkylation sites (tertiary alicyclic amines) is 2. The van der Waals surface area contributed by atoms with Crippen LogP contribution in [0.15, 0.2) is 0 Å². The highest BCUT2D eigenvalue weighted by Crippen LogP contribution is 2.07. The normalized spacial score (nSPS) is 18.8. The van der Waals surface area contributed by atoms with Gasteiger partial charge < -0.3 is 19.3 Å². The highest BCUT2D eigenvalue weighted by atomic mass is 16.5. The molecule has 0 aromatic carbocycles. The van der Waals surface area contributed by atoms with E-state index in [-0.39, 0.29) is 0 Å². The first-order valence-corrected chi connectivity index (χ1v) is 11.3. The fraction of sp³-hybridized carbons (Fsp3) is 0.909. The average molecular weight is 399 g/mol. The Morgan fingerprint density at radius 2 is 1.00 bits per heavy atom. The Kier molecular flexibility index (Phi) is 15.4. The van der Waals surface area contributed by atoms with Gasteiger partial charge in [0, 0.05) is 78.3 Å². The molecule has 0 aromatic heterocycles. The maximum atomic E-state index is 11.0. The van der Waals surface area contributed by atoms with Crippen molar-refractivity contribution in [2.45, 2.75) is 65.2 Å². The SMILES string of the molecule is CCOCCCCN1CCC(=O)CC1.CCOCCCCN1CCC(=O)CC1. The molecule has 0 bridgehead atoms. The predicted octanol–water partition coefficient (Wildman–Crippen LogP) is 2.94. The lowest BCUT2D eigenvalue weighted by atomic mass is 10.1. The Morgan fingerprint density at radius 3 is 1.32 bits per heavy atom. The van der Waals surface area contributed by atoms with Gasteiger partial charge in [0.15, 0.2) is 0 Å². The third kappa shape index (κ3) is 13.4. The van der Waals surface area contributed by atoms with E-state index in [0.29, 0.717) is 11.6 Å². The van der Waals surface area contributed by atoms with E-state index in [1.54, 1.807) is 0 Å². The summed E-state index contributed by atoms with van der Waals surface area (Å²) < 4.78 is 10.5. The fourth-order valence-corrected chi connectivity index (χ4v) is 3.42. The molecule has 2 saturated heterocycles. The zero-order chi connectivity index (χ0) is 20.5. The molecular weight excluding hydrogens is 356 g/mol. The van der Waals surface area contributed by atoms with Crippen LogP contribution >= 0.6 is 0 Å². The van der Waals surface area contributed by atoms with Gasteiger partial charge in [0.1, 0.15) is 11.6 Å². The van der Waals surface area contributed by atoms with Crippen molar-refractivity contribution in [1.82, 2.24) is 9.80 Å². The molecule has 2 heterocycles. The van der Waals surface area contributed by atoms with Crippen LogP contribution < -0.4 is 0 Å². The van der Waals surface area contributed by atoms with Crippen molar-refractivity contribution in [1.29, 1.82) is 0 Å². The summed E-state index contributed by atoms with van der Waals surface area (Å²) in [4.78, 5) is 26.7. The van der Waals surface area contributed by atoms with Gasteiger partial charge in [-0.1, -0.05) is 0 Å². The summed E-state index contributed by atoms with van der Waals surface area (Å²) in [7, 11) is 0. The third-order valence-electron chi connectivity index (χ3n) is 5.26. The number of rotatable bonds is 12. The van der Waals surface area contributed by atoms with Crippen LogP contribution in [0.25, 0.3) is 0 Å². The summed E-state index contributed by atoms with van der Waals surface area (Å²) in [5.74, 6) is 0.853. The summed E-state index contributed by atoms with van der Waals surface area (Å²) >= 11 is 0. The molecule has 0 aromatic rings. The molecule has 28 heavy (non-hydrogen) atoms.